The van der Waals surface area contributed by atoms with Gasteiger partial charge >= 0.3 is 0 Å². The summed E-state index contributed by atoms with van der Waals surface area (Å²) in [6.07, 6.45) is 4.78. The number of quaternary nitrogens is 1. The van der Waals surface area contributed by atoms with Gasteiger partial charge in [0.05, 0.1) is 24.4 Å². The normalized spacial score (nSPS) is 20.8. The van der Waals surface area contributed by atoms with Crippen molar-refractivity contribution in [2.75, 3.05) is 13.1 Å². The predicted molar refractivity (Wildman–Crippen MR) is 90.0 cm³/mol. The van der Waals surface area contributed by atoms with Gasteiger partial charge in [0.2, 0.25) is 0 Å². The number of piperidine rings is 1. The maximum Gasteiger partial charge on any atom is 0.154 e. The number of hydrogen-bond donors (Lipinski definition) is 1. The molecular formula is C18H18ClN3O3. The SMILES string of the molecule is O=C([O-])C1CC[NH+](Cc2c(-c3ccco3)nc3ccc(Cl)cn23)CC1. The molecule has 7 heteroatoms. The molecule has 0 aromatic carbocycles. The molecule has 0 aliphatic carbocycles. The van der Waals surface area contributed by atoms with Gasteiger partial charge in [0.1, 0.15) is 23.6 Å². The Morgan fingerprint density at radius 3 is 2.84 bits per heavy atom. The lowest BCUT2D eigenvalue weighted by Gasteiger charge is -2.29. The molecule has 3 aromatic rings. The first kappa shape index (κ1) is 16.2. The molecule has 1 aliphatic heterocycles. The highest BCUT2D eigenvalue weighted by atomic mass is 35.5. The number of carboxylic acid groups (broad SMARTS) is 1. The molecule has 1 N–H and O–H groups in total. The third-order valence-corrected chi connectivity index (χ3v) is 5.10. The number of aromatic nitrogens is 2. The summed E-state index contributed by atoms with van der Waals surface area (Å²) in [5.74, 6) is -0.541. The minimum absolute atomic E-state index is 0.329. The van der Waals surface area contributed by atoms with Crippen LogP contribution in [0.15, 0.2) is 41.1 Å². The van der Waals surface area contributed by atoms with Crippen molar-refractivity contribution in [2.24, 2.45) is 5.92 Å². The van der Waals surface area contributed by atoms with Crippen molar-refractivity contribution in [3.8, 4) is 11.5 Å². The Morgan fingerprint density at radius 1 is 1.36 bits per heavy atom. The number of likely N-dealkylation sites (tertiary alicyclic amines) is 1. The van der Waals surface area contributed by atoms with Crippen LogP contribution < -0.4 is 10.0 Å². The molecule has 0 unspecified atom stereocenters. The minimum atomic E-state index is -0.933. The van der Waals surface area contributed by atoms with Gasteiger partial charge in [0, 0.05) is 30.9 Å². The van der Waals surface area contributed by atoms with Crippen LogP contribution in [-0.4, -0.2) is 28.4 Å². The second-order valence-electron chi connectivity index (χ2n) is 6.48. The van der Waals surface area contributed by atoms with Crippen molar-refractivity contribution < 1.29 is 19.2 Å². The number of carbonyl (C=O) groups excluding carboxylic acids is 1. The Kier molecular flexibility index (Phi) is 4.23. The zero-order chi connectivity index (χ0) is 17.4. The Bertz CT molecular complexity index is 896. The van der Waals surface area contributed by atoms with E-state index in [0.29, 0.717) is 17.9 Å². The van der Waals surface area contributed by atoms with Crippen LogP contribution in [0.2, 0.25) is 5.02 Å². The lowest BCUT2D eigenvalue weighted by molar-refractivity contribution is -0.919. The number of imidazole rings is 1. The molecule has 130 valence electrons. The predicted octanol–water partition coefficient (Wildman–Crippen LogP) is 0.793. The topological polar surface area (TPSA) is 75.0 Å². The van der Waals surface area contributed by atoms with Gasteiger partial charge in [-0.1, -0.05) is 11.6 Å². The van der Waals surface area contributed by atoms with Crippen LogP contribution >= 0.6 is 11.6 Å². The molecule has 6 nitrogen and oxygen atoms in total. The molecule has 4 heterocycles. The van der Waals surface area contributed by atoms with E-state index in [4.69, 9.17) is 21.0 Å². The van der Waals surface area contributed by atoms with Gasteiger partial charge in [-0.25, -0.2) is 4.98 Å². The van der Waals surface area contributed by atoms with Crippen molar-refractivity contribution in [2.45, 2.75) is 19.4 Å². The molecular weight excluding hydrogens is 342 g/mol. The van der Waals surface area contributed by atoms with E-state index in [-0.39, 0.29) is 5.92 Å². The van der Waals surface area contributed by atoms with Gasteiger partial charge in [0.25, 0.3) is 0 Å². The number of furan rings is 1. The van der Waals surface area contributed by atoms with E-state index in [2.05, 4.69) is 0 Å². The molecule has 1 aliphatic rings. The summed E-state index contributed by atoms with van der Waals surface area (Å²) in [6, 6.07) is 7.44. The van der Waals surface area contributed by atoms with Crippen LogP contribution in [0, 0.1) is 5.92 Å². The van der Waals surface area contributed by atoms with Crippen molar-refractivity contribution in [1.82, 2.24) is 9.38 Å². The first-order valence-corrected chi connectivity index (χ1v) is 8.74. The van der Waals surface area contributed by atoms with E-state index in [1.807, 2.05) is 34.9 Å². The fourth-order valence-corrected chi connectivity index (χ4v) is 3.68. The number of hydrogen-bond acceptors (Lipinski definition) is 4. The van der Waals surface area contributed by atoms with Crippen molar-refractivity contribution in [3.63, 3.8) is 0 Å². The van der Waals surface area contributed by atoms with Crippen LogP contribution in [-0.2, 0) is 11.3 Å². The fourth-order valence-electron chi connectivity index (χ4n) is 3.52. The Morgan fingerprint density at radius 2 is 2.16 bits per heavy atom. The average Bonchev–Trinajstić information content (AvgIpc) is 3.24. The molecule has 0 spiro atoms. The molecule has 0 bridgehead atoms. The van der Waals surface area contributed by atoms with E-state index in [1.165, 1.54) is 4.90 Å². The third-order valence-electron chi connectivity index (χ3n) is 4.88. The number of halogens is 1. The largest absolute Gasteiger partial charge is 0.550 e. The van der Waals surface area contributed by atoms with Crippen molar-refractivity contribution in [3.05, 3.63) is 47.4 Å². The highest BCUT2D eigenvalue weighted by Crippen LogP contribution is 2.26. The quantitative estimate of drug-likeness (QED) is 0.747. The molecule has 0 amide bonds. The minimum Gasteiger partial charge on any atom is -0.550 e. The van der Waals surface area contributed by atoms with Gasteiger partial charge in [-0.05, 0) is 24.3 Å². The van der Waals surface area contributed by atoms with Crippen LogP contribution in [0.1, 0.15) is 18.5 Å². The van der Waals surface area contributed by atoms with Crippen molar-refractivity contribution >= 4 is 23.2 Å². The smallest absolute Gasteiger partial charge is 0.154 e. The van der Waals surface area contributed by atoms with Crippen LogP contribution in [0.4, 0.5) is 0 Å². The summed E-state index contributed by atoms with van der Waals surface area (Å²) in [5.41, 5.74) is 2.64. The lowest BCUT2D eigenvalue weighted by Crippen LogP contribution is -3.12. The summed E-state index contributed by atoms with van der Waals surface area (Å²) in [5, 5.41) is 11.7. The molecule has 4 rings (SSSR count). The second-order valence-corrected chi connectivity index (χ2v) is 6.92. The number of carbonyl (C=O) groups is 1. The second kappa shape index (κ2) is 6.54. The number of pyridine rings is 1. The molecule has 0 saturated carbocycles. The Balaban J connectivity index is 1.67. The zero-order valence-corrected chi connectivity index (χ0v) is 14.3. The summed E-state index contributed by atoms with van der Waals surface area (Å²) in [4.78, 5) is 17.1. The number of rotatable bonds is 4. The first-order chi connectivity index (χ1) is 12.1. The molecule has 3 aromatic heterocycles. The van der Waals surface area contributed by atoms with E-state index in [0.717, 1.165) is 42.4 Å². The molecule has 1 saturated heterocycles. The lowest BCUT2D eigenvalue weighted by atomic mass is 9.97. The Hall–Kier alpha value is -2.31. The number of aliphatic carboxylic acids is 1. The highest BCUT2D eigenvalue weighted by Gasteiger charge is 2.26. The van der Waals surface area contributed by atoms with Gasteiger partial charge in [-0.3, -0.25) is 4.40 Å². The standard InChI is InChI=1S/C18H18ClN3O3/c19-13-3-4-16-20-17(15-2-1-9-25-15)14(22(16)10-13)11-21-7-5-12(6-8-21)18(23)24/h1-4,9-10,12H,5-8,11H2,(H,23,24). The monoisotopic (exact) mass is 359 g/mol. The average molecular weight is 360 g/mol. The van der Waals surface area contributed by atoms with E-state index in [9.17, 15) is 9.90 Å². The summed E-state index contributed by atoms with van der Waals surface area (Å²) < 4.78 is 7.55. The molecule has 25 heavy (non-hydrogen) atoms. The maximum atomic E-state index is 11.0. The van der Waals surface area contributed by atoms with Crippen LogP contribution in [0.5, 0.6) is 0 Å². The molecule has 0 radical (unpaired) electrons. The highest BCUT2D eigenvalue weighted by molar-refractivity contribution is 6.30. The van der Waals surface area contributed by atoms with E-state index in [1.54, 1.807) is 6.26 Å². The van der Waals surface area contributed by atoms with E-state index >= 15 is 0 Å². The first-order valence-electron chi connectivity index (χ1n) is 8.36. The van der Waals surface area contributed by atoms with Crippen LogP contribution in [0.3, 0.4) is 0 Å². The van der Waals surface area contributed by atoms with Gasteiger partial charge in [0.15, 0.2) is 5.76 Å². The summed E-state index contributed by atoms with van der Waals surface area (Å²) in [7, 11) is 0. The van der Waals surface area contributed by atoms with Gasteiger partial charge < -0.3 is 19.2 Å². The van der Waals surface area contributed by atoms with Gasteiger partial charge in [-0.15, -0.1) is 0 Å². The third kappa shape index (κ3) is 3.15. The number of carboxylic acids is 1. The zero-order valence-electron chi connectivity index (χ0n) is 13.6. The van der Waals surface area contributed by atoms with Crippen molar-refractivity contribution in [1.29, 1.82) is 0 Å². The molecule has 1 fully saturated rings. The van der Waals surface area contributed by atoms with Gasteiger partial charge in [-0.2, -0.15) is 0 Å². The number of fused-ring (bicyclic) bond motifs is 1. The number of nitrogens with one attached hydrogen (secondary N) is 1. The molecule has 0 atom stereocenters. The fraction of sp³-hybridized carbons (Fsp3) is 0.333. The Labute approximate surface area is 149 Å². The van der Waals surface area contributed by atoms with Crippen LogP contribution in [0.25, 0.3) is 17.1 Å². The summed E-state index contributed by atoms with van der Waals surface area (Å²) in [6.45, 7) is 2.32. The number of nitrogens with zero attached hydrogens (tertiary/aromatic N) is 2. The maximum absolute atomic E-state index is 11.0. The summed E-state index contributed by atoms with van der Waals surface area (Å²) >= 11 is 6.17. The van der Waals surface area contributed by atoms with E-state index < -0.39 is 5.97 Å².